The largest absolute Gasteiger partial charge is 0.354 e. The zero-order chi connectivity index (χ0) is 15.4. The molecule has 2 heteroatoms. The first-order valence-electron chi connectivity index (χ1n) is 8.79. The lowest BCUT2D eigenvalue weighted by Gasteiger charge is -2.18. The van der Waals surface area contributed by atoms with Gasteiger partial charge in [-0.05, 0) is 84.3 Å². The first-order chi connectivity index (χ1) is 11.8. The highest BCUT2D eigenvalue weighted by molar-refractivity contribution is 7.25. The van der Waals surface area contributed by atoms with E-state index in [2.05, 4.69) is 41.4 Å². The van der Waals surface area contributed by atoms with E-state index in [1.807, 2.05) is 11.3 Å². The van der Waals surface area contributed by atoms with E-state index in [-0.39, 0.29) is 0 Å². The van der Waals surface area contributed by atoms with Crippen molar-refractivity contribution in [3.63, 3.8) is 0 Å². The van der Waals surface area contributed by atoms with Crippen molar-refractivity contribution in [3.05, 3.63) is 58.7 Å². The molecule has 2 aromatic heterocycles. The lowest BCUT2D eigenvalue weighted by Crippen LogP contribution is -2.07. The first kappa shape index (κ1) is 12.1. The number of thiophene rings is 1. The molecule has 0 saturated heterocycles. The van der Waals surface area contributed by atoms with Gasteiger partial charge in [0, 0.05) is 42.0 Å². The fourth-order valence-corrected chi connectivity index (χ4v) is 5.73. The zero-order valence-electron chi connectivity index (χ0n) is 13.2. The monoisotopic (exact) mass is 325 g/mol. The Labute approximate surface area is 142 Å². The maximum absolute atomic E-state index is 3.67. The third-order valence-electron chi connectivity index (χ3n) is 6.16. The van der Waals surface area contributed by atoms with Crippen molar-refractivity contribution in [2.24, 2.45) is 0 Å². The highest BCUT2D eigenvalue weighted by atomic mass is 32.1. The Morgan fingerprint density at radius 2 is 1.08 bits per heavy atom. The highest BCUT2D eigenvalue weighted by Crippen LogP contribution is 2.41. The van der Waals surface area contributed by atoms with Gasteiger partial charge in [0.2, 0.25) is 0 Å². The number of aromatic amines is 1. The summed E-state index contributed by atoms with van der Waals surface area (Å²) in [5.74, 6) is 0. The van der Waals surface area contributed by atoms with E-state index >= 15 is 0 Å². The van der Waals surface area contributed by atoms with Crippen molar-refractivity contribution in [1.29, 1.82) is 0 Å². The predicted molar refractivity (Wildman–Crippen MR) is 104 cm³/mol. The summed E-state index contributed by atoms with van der Waals surface area (Å²) in [5.41, 5.74) is 8.77. The van der Waals surface area contributed by atoms with Gasteiger partial charge in [0.05, 0.1) is 0 Å². The average Bonchev–Trinajstić information content (AvgIpc) is 3.05. The summed E-state index contributed by atoms with van der Waals surface area (Å²) in [6.07, 6.45) is 5.00. The minimum absolute atomic E-state index is 1.24. The quantitative estimate of drug-likeness (QED) is 0.365. The molecule has 5 aromatic rings. The van der Waals surface area contributed by atoms with Crippen LogP contribution >= 0.6 is 11.3 Å². The number of rotatable bonds is 0. The van der Waals surface area contributed by atoms with Crippen molar-refractivity contribution in [1.82, 2.24) is 4.98 Å². The van der Waals surface area contributed by atoms with Crippen molar-refractivity contribution >= 4 is 53.3 Å². The summed E-state index contributed by atoms with van der Waals surface area (Å²) in [4.78, 5) is 3.67. The summed E-state index contributed by atoms with van der Waals surface area (Å²) in [7, 11) is 0. The van der Waals surface area contributed by atoms with Gasteiger partial charge in [-0.25, -0.2) is 0 Å². The van der Waals surface area contributed by atoms with Crippen LogP contribution in [0.1, 0.15) is 22.3 Å². The van der Waals surface area contributed by atoms with Crippen LogP contribution < -0.4 is 0 Å². The summed E-state index contributed by atoms with van der Waals surface area (Å²) >= 11 is 1.95. The summed E-state index contributed by atoms with van der Waals surface area (Å²) in [6.45, 7) is 0. The number of fused-ring (bicyclic) bond motifs is 8. The molecule has 1 nitrogen and oxygen atoms in total. The Morgan fingerprint density at radius 3 is 1.88 bits per heavy atom. The number of aryl methyl sites for hydroxylation is 4. The van der Waals surface area contributed by atoms with Crippen LogP contribution in [0, 0.1) is 0 Å². The van der Waals surface area contributed by atoms with Crippen LogP contribution in [0.4, 0.5) is 0 Å². The van der Waals surface area contributed by atoms with E-state index < -0.39 is 0 Å². The molecule has 0 atom stereocenters. The van der Waals surface area contributed by atoms with Crippen molar-refractivity contribution in [2.75, 3.05) is 0 Å². The van der Waals surface area contributed by atoms with Gasteiger partial charge in [-0.3, -0.25) is 0 Å². The standard InChI is InChI=1S/C22H15NS/c1-3-13-7-19-15(5-11(1)13)16-10-22-18(9-20(16)23-19)17-6-12-2-4-14(12)8-21(17)24-22/h5-10,23H,1-4H2. The van der Waals surface area contributed by atoms with Gasteiger partial charge < -0.3 is 4.98 Å². The molecular formula is C22H15NS. The molecule has 24 heavy (non-hydrogen) atoms. The van der Waals surface area contributed by atoms with Crippen molar-refractivity contribution in [3.8, 4) is 0 Å². The maximum Gasteiger partial charge on any atom is 0.0472 e. The Morgan fingerprint density at radius 1 is 0.542 bits per heavy atom. The molecule has 0 unspecified atom stereocenters. The molecule has 2 aliphatic rings. The third kappa shape index (κ3) is 1.34. The second-order valence-electron chi connectivity index (χ2n) is 7.40. The fourth-order valence-electron chi connectivity index (χ4n) is 4.56. The van der Waals surface area contributed by atoms with Gasteiger partial charge in [0.15, 0.2) is 0 Å². The Balaban J connectivity index is 1.64. The Bertz CT molecular complexity index is 1240. The molecule has 0 spiro atoms. The van der Waals surface area contributed by atoms with E-state index in [1.165, 1.54) is 73.2 Å². The van der Waals surface area contributed by atoms with E-state index in [0.29, 0.717) is 0 Å². The van der Waals surface area contributed by atoms with Crippen LogP contribution in [-0.4, -0.2) is 4.98 Å². The third-order valence-corrected chi connectivity index (χ3v) is 7.27. The number of H-pyrrole nitrogens is 1. The number of nitrogens with one attached hydrogen (secondary N) is 1. The van der Waals surface area contributed by atoms with E-state index in [0.717, 1.165) is 0 Å². The molecule has 114 valence electrons. The minimum Gasteiger partial charge on any atom is -0.354 e. The topological polar surface area (TPSA) is 15.8 Å². The number of aromatic nitrogens is 1. The molecule has 1 N–H and O–H groups in total. The molecule has 3 aromatic carbocycles. The average molecular weight is 325 g/mol. The van der Waals surface area contributed by atoms with Crippen LogP contribution in [0.3, 0.4) is 0 Å². The van der Waals surface area contributed by atoms with Crippen molar-refractivity contribution < 1.29 is 0 Å². The van der Waals surface area contributed by atoms with Gasteiger partial charge >= 0.3 is 0 Å². The Hall–Kier alpha value is -2.32. The second kappa shape index (κ2) is 3.84. The maximum atomic E-state index is 3.67. The van der Waals surface area contributed by atoms with Gasteiger partial charge in [-0.1, -0.05) is 0 Å². The number of hydrogen-bond donors (Lipinski definition) is 1. The normalized spacial score (nSPS) is 15.7. The molecule has 0 saturated carbocycles. The van der Waals surface area contributed by atoms with E-state index in [1.54, 1.807) is 16.7 Å². The van der Waals surface area contributed by atoms with Gasteiger partial charge in [-0.15, -0.1) is 11.3 Å². The number of hydrogen-bond acceptors (Lipinski definition) is 1. The fraction of sp³-hybridized carbons (Fsp3) is 0.182. The number of benzene rings is 3. The van der Waals surface area contributed by atoms with Crippen LogP contribution in [0.15, 0.2) is 36.4 Å². The molecule has 2 aliphatic carbocycles. The van der Waals surface area contributed by atoms with Gasteiger partial charge in [0.1, 0.15) is 0 Å². The van der Waals surface area contributed by atoms with E-state index in [4.69, 9.17) is 0 Å². The summed E-state index contributed by atoms with van der Waals surface area (Å²) in [5, 5.41) is 5.64. The first-order valence-corrected chi connectivity index (χ1v) is 9.60. The van der Waals surface area contributed by atoms with Crippen LogP contribution in [-0.2, 0) is 25.7 Å². The molecular weight excluding hydrogens is 310 g/mol. The van der Waals surface area contributed by atoms with Gasteiger partial charge in [-0.2, -0.15) is 0 Å². The SMILES string of the molecule is c1c2c(cc3c1[nH]c1cc4c(cc13)sc1cc3c(cc14)CC3)CC2. The smallest absolute Gasteiger partial charge is 0.0472 e. The predicted octanol–water partition coefficient (Wildman–Crippen LogP) is 5.89. The highest BCUT2D eigenvalue weighted by Gasteiger charge is 2.19. The molecule has 0 amide bonds. The minimum atomic E-state index is 1.24. The Kier molecular flexibility index (Phi) is 1.94. The van der Waals surface area contributed by atoms with Gasteiger partial charge in [0.25, 0.3) is 0 Å². The zero-order valence-corrected chi connectivity index (χ0v) is 14.0. The molecule has 2 heterocycles. The van der Waals surface area contributed by atoms with Crippen molar-refractivity contribution in [2.45, 2.75) is 25.7 Å². The molecule has 0 radical (unpaired) electrons. The van der Waals surface area contributed by atoms with Crippen LogP contribution in [0.2, 0.25) is 0 Å². The van der Waals surface area contributed by atoms with Crippen LogP contribution in [0.25, 0.3) is 42.0 Å². The van der Waals surface area contributed by atoms with Crippen LogP contribution in [0.5, 0.6) is 0 Å². The second-order valence-corrected chi connectivity index (χ2v) is 8.49. The molecule has 0 bridgehead atoms. The molecule has 0 aliphatic heterocycles. The van der Waals surface area contributed by atoms with E-state index in [9.17, 15) is 0 Å². The molecule has 7 rings (SSSR count). The lowest BCUT2D eigenvalue weighted by atomic mass is 9.87. The lowest BCUT2D eigenvalue weighted by molar-refractivity contribution is 0.844. The molecule has 0 fully saturated rings. The summed E-state index contributed by atoms with van der Waals surface area (Å²) in [6, 6.07) is 14.4. The summed E-state index contributed by atoms with van der Waals surface area (Å²) < 4.78 is 2.87.